The van der Waals surface area contributed by atoms with E-state index in [2.05, 4.69) is 26.1 Å². The Balaban J connectivity index is 2.32. The molecule has 2 rings (SSSR count). The molecule has 0 aromatic heterocycles. The van der Waals surface area contributed by atoms with Gasteiger partial charge in [0.2, 0.25) is 21.8 Å². The van der Waals surface area contributed by atoms with Crippen molar-refractivity contribution >= 4 is 27.5 Å². The van der Waals surface area contributed by atoms with Gasteiger partial charge in [0.15, 0.2) is 0 Å². The minimum atomic E-state index is -3.74. The Morgan fingerprint density at radius 1 is 0.943 bits per heavy atom. The number of benzene rings is 2. The van der Waals surface area contributed by atoms with E-state index < -0.39 is 22.0 Å². The molecule has 1 N–H and O–H groups in total. The molecule has 0 heterocycles. The van der Waals surface area contributed by atoms with Crippen LogP contribution in [0.3, 0.4) is 0 Å². The Kier molecular flexibility index (Phi) is 9.49. The summed E-state index contributed by atoms with van der Waals surface area (Å²) in [5.74, 6) is -0.709. The number of hydrogen-bond acceptors (Lipinski definition) is 4. The van der Waals surface area contributed by atoms with E-state index in [4.69, 9.17) is 0 Å². The normalized spacial score (nSPS) is 12.8. The molecule has 0 spiro atoms. The first kappa shape index (κ1) is 28.4. The van der Waals surface area contributed by atoms with Gasteiger partial charge in [0.1, 0.15) is 12.6 Å². The average Bonchev–Trinajstić information content (AvgIpc) is 2.76. The number of amides is 2. The van der Waals surface area contributed by atoms with Crippen molar-refractivity contribution in [2.75, 3.05) is 23.7 Å². The van der Waals surface area contributed by atoms with Gasteiger partial charge in [-0.25, -0.2) is 8.42 Å². The summed E-state index contributed by atoms with van der Waals surface area (Å²) in [6.07, 6.45) is 1.63. The minimum absolute atomic E-state index is 0.0788. The molecule has 8 heteroatoms. The summed E-state index contributed by atoms with van der Waals surface area (Å²) in [5, 5.41) is 2.85. The van der Waals surface area contributed by atoms with Crippen LogP contribution in [-0.2, 0) is 31.4 Å². The number of nitrogens with zero attached hydrogens (tertiary/aromatic N) is 2. The smallest absolute Gasteiger partial charge is 0.244 e. The molecular weight excluding hydrogens is 462 g/mol. The fraction of sp³-hybridized carbons (Fsp3) is 0.481. The van der Waals surface area contributed by atoms with Crippen molar-refractivity contribution in [1.29, 1.82) is 0 Å². The number of nitrogens with one attached hydrogen (secondary N) is 1. The predicted molar refractivity (Wildman–Crippen MR) is 142 cm³/mol. The molecule has 2 aromatic rings. The summed E-state index contributed by atoms with van der Waals surface area (Å²) in [4.78, 5) is 27.7. The first-order valence-corrected chi connectivity index (χ1v) is 13.8. The summed E-state index contributed by atoms with van der Waals surface area (Å²) in [6, 6.07) is 16.0. The van der Waals surface area contributed by atoms with Gasteiger partial charge in [0, 0.05) is 12.6 Å². The minimum Gasteiger partial charge on any atom is -0.352 e. The molecule has 1 unspecified atom stereocenters. The number of rotatable bonds is 10. The van der Waals surface area contributed by atoms with Gasteiger partial charge in [-0.05, 0) is 55.9 Å². The maximum absolute atomic E-state index is 13.5. The van der Waals surface area contributed by atoms with Crippen LogP contribution in [0.4, 0.5) is 5.69 Å². The van der Waals surface area contributed by atoms with Crippen LogP contribution in [0.15, 0.2) is 54.6 Å². The molecule has 192 valence electrons. The summed E-state index contributed by atoms with van der Waals surface area (Å²) >= 11 is 0. The molecule has 0 fully saturated rings. The van der Waals surface area contributed by atoms with Crippen molar-refractivity contribution < 1.29 is 18.0 Å². The molecule has 1 atom stereocenters. The van der Waals surface area contributed by atoms with Crippen molar-refractivity contribution in [2.24, 2.45) is 0 Å². The fourth-order valence-electron chi connectivity index (χ4n) is 3.72. The molecule has 0 aliphatic heterocycles. The molecule has 2 aromatic carbocycles. The zero-order valence-electron chi connectivity index (χ0n) is 21.9. The van der Waals surface area contributed by atoms with Gasteiger partial charge in [-0.2, -0.15) is 0 Å². The Morgan fingerprint density at radius 3 is 2.00 bits per heavy atom. The lowest BCUT2D eigenvalue weighted by molar-refractivity contribution is -0.139. The third-order valence-electron chi connectivity index (χ3n) is 5.78. The molecule has 0 aliphatic carbocycles. The highest BCUT2D eigenvalue weighted by atomic mass is 32.2. The van der Waals surface area contributed by atoms with Crippen molar-refractivity contribution in [2.45, 2.75) is 65.5 Å². The van der Waals surface area contributed by atoms with Crippen molar-refractivity contribution in [3.05, 3.63) is 65.7 Å². The zero-order valence-corrected chi connectivity index (χ0v) is 22.7. The van der Waals surface area contributed by atoms with Crippen LogP contribution in [0.1, 0.15) is 52.7 Å². The highest BCUT2D eigenvalue weighted by Crippen LogP contribution is 2.26. The van der Waals surface area contributed by atoms with Crippen LogP contribution >= 0.6 is 0 Å². The second-order valence-corrected chi connectivity index (χ2v) is 12.1. The standard InChI is InChI=1S/C27H39N3O4S/c1-20(2)28-26(32)21(3)29(18-17-22-11-9-8-10-12-22)25(31)19-30(35(7,33)34)24-15-13-23(14-16-24)27(4,5)6/h8-16,20-21H,17-19H2,1-7H3,(H,28,32). The van der Waals surface area contributed by atoms with Crippen LogP contribution in [-0.4, -0.2) is 56.6 Å². The highest BCUT2D eigenvalue weighted by Gasteiger charge is 2.30. The van der Waals surface area contributed by atoms with E-state index in [1.807, 2.05) is 56.3 Å². The monoisotopic (exact) mass is 501 g/mol. The molecule has 0 saturated carbocycles. The second kappa shape index (κ2) is 11.7. The van der Waals surface area contributed by atoms with Crippen molar-refractivity contribution in [3.8, 4) is 0 Å². The molecule has 0 aliphatic rings. The lowest BCUT2D eigenvalue weighted by atomic mass is 9.87. The van der Waals surface area contributed by atoms with Crippen molar-refractivity contribution in [3.63, 3.8) is 0 Å². The van der Waals surface area contributed by atoms with Crippen LogP contribution in [0.5, 0.6) is 0 Å². The Bertz CT molecular complexity index is 1090. The van der Waals surface area contributed by atoms with Gasteiger partial charge in [-0.15, -0.1) is 0 Å². The van der Waals surface area contributed by atoms with E-state index in [1.165, 1.54) is 4.90 Å². The van der Waals surface area contributed by atoms with Crippen LogP contribution in [0.25, 0.3) is 0 Å². The van der Waals surface area contributed by atoms with Gasteiger partial charge < -0.3 is 10.2 Å². The summed E-state index contributed by atoms with van der Waals surface area (Å²) in [7, 11) is -3.74. The van der Waals surface area contributed by atoms with E-state index in [9.17, 15) is 18.0 Å². The first-order valence-electron chi connectivity index (χ1n) is 11.9. The predicted octanol–water partition coefficient (Wildman–Crippen LogP) is 3.73. The van der Waals surface area contributed by atoms with Gasteiger partial charge >= 0.3 is 0 Å². The van der Waals surface area contributed by atoms with E-state index in [-0.39, 0.29) is 30.5 Å². The summed E-state index contributed by atoms with van der Waals surface area (Å²) < 4.78 is 26.5. The molecule has 7 nitrogen and oxygen atoms in total. The lowest BCUT2D eigenvalue weighted by Crippen LogP contribution is -2.53. The van der Waals surface area contributed by atoms with E-state index >= 15 is 0 Å². The van der Waals surface area contributed by atoms with Crippen molar-refractivity contribution in [1.82, 2.24) is 10.2 Å². The van der Waals surface area contributed by atoms with Crippen LogP contribution in [0.2, 0.25) is 0 Å². The maximum Gasteiger partial charge on any atom is 0.244 e. The Morgan fingerprint density at radius 2 is 1.51 bits per heavy atom. The Labute approximate surface area is 210 Å². The Hall–Kier alpha value is -2.87. The van der Waals surface area contributed by atoms with Crippen LogP contribution in [0, 0.1) is 0 Å². The SMILES string of the molecule is CC(C)NC(=O)C(C)N(CCc1ccccc1)C(=O)CN(c1ccc(C(C)(C)C)cc1)S(C)(=O)=O. The van der Waals surface area contributed by atoms with E-state index in [0.717, 1.165) is 21.7 Å². The first-order chi connectivity index (χ1) is 16.2. The summed E-state index contributed by atoms with van der Waals surface area (Å²) in [5.41, 5.74) is 2.41. The number of hydrogen-bond donors (Lipinski definition) is 1. The zero-order chi connectivity index (χ0) is 26.4. The van der Waals surface area contributed by atoms with E-state index in [1.54, 1.807) is 19.1 Å². The molecular formula is C27H39N3O4S. The second-order valence-electron chi connectivity index (χ2n) is 10.2. The third kappa shape index (κ3) is 8.38. The van der Waals surface area contributed by atoms with Gasteiger partial charge in [0.25, 0.3) is 0 Å². The van der Waals surface area contributed by atoms with Gasteiger partial charge in [0.05, 0.1) is 11.9 Å². The molecule has 0 bridgehead atoms. The number of carbonyl (C=O) groups excluding carboxylic acids is 2. The largest absolute Gasteiger partial charge is 0.352 e. The third-order valence-corrected chi connectivity index (χ3v) is 6.92. The molecule has 35 heavy (non-hydrogen) atoms. The molecule has 0 saturated heterocycles. The lowest BCUT2D eigenvalue weighted by Gasteiger charge is -2.32. The topological polar surface area (TPSA) is 86.8 Å². The summed E-state index contributed by atoms with van der Waals surface area (Å²) in [6.45, 7) is 11.5. The van der Waals surface area contributed by atoms with E-state index in [0.29, 0.717) is 12.1 Å². The fourth-order valence-corrected chi connectivity index (χ4v) is 4.57. The quantitative estimate of drug-likeness (QED) is 0.537. The van der Waals surface area contributed by atoms with Crippen LogP contribution < -0.4 is 9.62 Å². The number of sulfonamides is 1. The number of anilines is 1. The average molecular weight is 502 g/mol. The molecule has 2 amide bonds. The highest BCUT2D eigenvalue weighted by molar-refractivity contribution is 7.92. The van der Waals surface area contributed by atoms with Gasteiger partial charge in [-0.3, -0.25) is 13.9 Å². The maximum atomic E-state index is 13.5. The number of carbonyl (C=O) groups is 2. The van der Waals surface area contributed by atoms with Gasteiger partial charge in [-0.1, -0.05) is 63.2 Å². The molecule has 0 radical (unpaired) electrons.